The lowest BCUT2D eigenvalue weighted by Crippen LogP contribution is -2.61. The third kappa shape index (κ3) is 34.8. The van der Waals surface area contributed by atoms with E-state index in [0.717, 1.165) is 116 Å². The van der Waals surface area contributed by atoms with Gasteiger partial charge in [0.1, 0.15) is 18.8 Å². The second kappa shape index (κ2) is 44.2. The molecule has 0 radical (unpaired) electrons. The van der Waals surface area contributed by atoms with Crippen LogP contribution < -0.4 is 0 Å². The molecule has 0 aromatic carbocycles. The smallest absolute Gasteiger partial charge is 0.335 e. The van der Waals surface area contributed by atoms with Crippen molar-refractivity contribution in [3.63, 3.8) is 0 Å². The van der Waals surface area contributed by atoms with Gasteiger partial charge in [-0.05, 0) is 64.2 Å². The average molecular weight is 949 g/mol. The fraction of sp³-hybridized carbons (Fsp3) is 0.818. The zero-order valence-electron chi connectivity index (χ0n) is 42.4. The average Bonchev–Trinajstić information content (AvgIpc) is 3.31. The Morgan fingerprint density at radius 3 is 1.46 bits per heavy atom. The quantitative estimate of drug-likeness (QED) is 0.0228. The lowest BCUT2D eigenvalue weighted by molar-refractivity contribution is -0.301. The van der Waals surface area contributed by atoms with Gasteiger partial charge >= 0.3 is 23.9 Å². The van der Waals surface area contributed by atoms with Crippen molar-refractivity contribution in [2.75, 3.05) is 13.2 Å². The Kier molecular flexibility index (Phi) is 40.8. The van der Waals surface area contributed by atoms with E-state index in [-0.39, 0.29) is 25.9 Å². The number of aliphatic hydroxyl groups is 2. The summed E-state index contributed by atoms with van der Waals surface area (Å²) in [7, 11) is 0. The molecule has 388 valence electrons. The van der Waals surface area contributed by atoms with Crippen LogP contribution in [0.25, 0.3) is 0 Å². The highest BCUT2D eigenvalue weighted by Crippen LogP contribution is 2.26. The summed E-state index contributed by atoms with van der Waals surface area (Å²) >= 11 is 0. The van der Waals surface area contributed by atoms with Crippen LogP contribution in [0.5, 0.6) is 0 Å². The van der Waals surface area contributed by atoms with Crippen molar-refractivity contribution in [1.29, 1.82) is 0 Å². The molecule has 0 bridgehead atoms. The van der Waals surface area contributed by atoms with Gasteiger partial charge in [-0.25, -0.2) is 4.79 Å². The van der Waals surface area contributed by atoms with Gasteiger partial charge in [0.25, 0.3) is 0 Å². The second-order valence-electron chi connectivity index (χ2n) is 18.5. The predicted molar refractivity (Wildman–Crippen MR) is 266 cm³/mol. The van der Waals surface area contributed by atoms with E-state index in [1.165, 1.54) is 64.2 Å². The Morgan fingerprint density at radius 1 is 0.493 bits per heavy atom. The van der Waals surface area contributed by atoms with Crippen LogP contribution >= 0.6 is 0 Å². The van der Waals surface area contributed by atoms with Crippen LogP contribution in [0.1, 0.15) is 239 Å². The molecule has 67 heavy (non-hydrogen) atoms. The number of unbranched alkanes of at least 4 members (excludes halogenated alkanes) is 25. The molecule has 6 atom stereocenters. The topological polar surface area (TPSA) is 175 Å². The third-order valence-electron chi connectivity index (χ3n) is 12.2. The number of carbonyl (C=O) groups excluding carboxylic acids is 3. The predicted octanol–water partition coefficient (Wildman–Crippen LogP) is 12.9. The largest absolute Gasteiger partial charge is 0.479 e. The molecule has 12 heteroatoms. The number of rotatable bonds is 45. The van der Waals surface area contributed by atoms with Crippen LogP contribution in [-0.4, -0.2) is 89.2 Å². The zero-order chi connectivity index (χ0) is 49.0. The van der Waals surface area contributed by atoms with Gasteiger partial charge in [-0.1, -0.05) is 192 Å². The summed E-state index contributed by atoms with van der Waals surface area (Å²) in [5.41, 5.74) is 0. The molecule has 0 saturated carbocycles. The number of carboxylic acids is 1. The van der Waals surface area contributed by atoms with E-state index in [1.807, 2.05) is 0 Å². The van der Waals surface area contributed by atoms with E-state index >= 15 is 0 Å². The summed E-state index contributed by atoms with van der Waals surface area (Å²) < 4.78 is 28.3. The summed E-state index contributed by atoms with van der Waals surface area (Å²) in [6.07, 6.45) is 37.0. The van der Waals surface area contributed by atoms with Gasteiger partial charge < -0.3 is 39.0 Å². The van der Waals surface area contributed by atoms with Crippen molar-refractivity contribution in [2.24, 2.45) is 0 Å². The van der Waals surface area contributed by atoms with Crippen LogP contribution in [0.2, 0.25) is 0 Å². The summed E-state index contributed by atoms with van der Waals surface area (Å²) in [5, 5.41) is 31.3. The van der Waals surface area contributed by atoms with Gasteiger partial charge in [0.15, 0.2) is 24.6 Å². The van der Waals surface area contributed by atoms with Crippen molar-refractivity contribution in [3.05, 3.63) is 36.5 Å². The van der Waals surface area contributed by atoms with Crippen LogP contribution in [0.15, 0.2) is 36.5 Å². The maximum absolute atomic E-state index is 13.0. The van der Waals surface area contributed by atoms with E-state index in [1.54, 1.807) is 0 Å². The Balaban J connectivity index is 2.73. The zero-order valence-corrected chi connectivity index (χ0v) is 42.4. The highest BCUT2D eigenvalue weighted by atomic mass is 16.7. The highest BCUT2D eigenvalue weighted by molar-refractivity contribution is 5.74. The summed E-state index contributed by atoms with van der Waals surface area (Å²) in [6.45, 7) is 5.85. The second-order valence-corrected chi connectivity index (χ2v) is 18.5. The van der Waals surface area contributed by atoms with E-state index in [2.05, 4.69) is 57.2 Å². The highest BCUT2D eigenvalue weighted by Gasteiger charge is 2.50. The molecule has 12 nitrogen and oxygen atoms in total. The minimum atomic E-state index is -1.90. The number of carbonyl (C=O) groups is 4. The van der Waals surface area contributed by atoms with E-state index < -0.39 is 67.3 Å². The molecule has 1 fully saturated rings. The van der Waals surface area contributed by atoms with Crippen molar-refractivity contribution >= 4 is 23.9 Å². The molecule has 0 amide bonds. The molecular weight excluding hydrogens is 853 g/mol. The number of ether oxygens (including phenoxy) is 5. The Labute approximate surface area is 406 Å². The van der Waals surface area contributed by atoms with E-state index in [4.69, 9.17) is 23.7 Å². The minimum Gasteiger partial charge on any atom is -0.479 e. The number of hydrogen-bond donors (Lipinski definition) is 3. The van der Waals surface area contributed by atoms with Gasteiger partial charge in [0.05, 0.1) is 6.61 Å². The minimum absolute atomic E-state index is 0.0625. The summed E-state index contributed by atoms with van der Waals surface area (Å²) in [6, 6.07) is 0. The molecule has 1 aliphatic heterocycles. The number of aliphatic carboxylic acids is 1. The molecule has 1 saturated heterocycles. The molecule has 3 N–H and O–H groups in total. The molecule has 0 aromatic rings. The normalized spacial score (nSPS) is 19.1. The van der Waals surface area contributed by atoms with E-state index in [0.29, 0.717) is 19.3 Å². The SMILES string of the molecule is CCC/C=C\C/C=C\CCCCCCCC(=O)OCC(COC1OC(C(=O)O)C(O)C(O)C1OC(=O)CCCCCCCCCCCCCCC)OC(=O)CCCCCCC/C=C\CCCC. The van der Waals surface area contributed by atoms with Crippen LogP contribution in [0, 0.1) is 0 Å². The monoisotopic (exact) mass is 949 g/mol. The lowest BCUT2D eigenvalue weighted by Gasteiger charge is -2.40. The lowest BCUT2D eigenvalue weighted by atomic mass is 9.98. The molecule has 0 aromatic heterocycles. The Bertz CT molecular complexity index is 1310. The summed E-state index contributed by atoms with van der Waals surface area (Å²) in [4.78, 5) is 50.8. The van der Waals surface area contributed by atoms with Gasteiger partial charge in [-0.15, -0.1) is 0 Å². The number of hydrogen-bond acceptors (Lipinski definition) is 11. The Morgan fingerprint density at radius 2 is 0.940 bits per heavy atom. The molecule has 1 heterocycles. The molecule has 6 unspecified atom stereocenters. The summed E-state index contributed by atoms with van der Waals surface area (Å²) in [5.74, 6) is -3.14. The van der Waals surface area contributed by atoms with Gasteiger partial charge in [-0.2, -0.15) is 0 Å². The van der Waals surface area contributed by atoms with Gasteiger partial charge in [0.2, 0.25) is 0 Å². The fourth-order valence-corrected chi connectivity index (χ4v) is 7.97. The number of allylic oxidation sites excluding steroid dienone is 6. The van der Waals surface area contributed by atoms with Gasteiger partial charge in [-0.3, -0.25) is 14.4 Å². The first kappa shape index (κ1) is 62.0. The van der Waals surface area contributed by atoms with E-state index in [9.17, 15) is 34.5 Å². The third-order valence-corrected chi connectivity index (χ3v) is 12.2. The first-order valence-corrected chi connectivity index (χ1v) is 27.0. The molecule has 0 aliphatic carbocycles. The van der Waals surface area contributed by atoms with Crippen LogP contribution in [-0.2, 0) is 42.9 Å². The number of esters is 3. The fourth-order valence-electron chi connectivity index (χ4n) is 7.97. The standard InChI is InChI=1S/C55H96O12/c1-4-7-10-13-16-19-22-24-27-29-32-35-38-41-47(56)63-44-46(65-48(57)42-39-36-33-30-26-21-18-15-12-9-6-3)45-64-55-53(51(60)50(59)52(67-55)54(61)62)66-49(58)43-40-37-34-31-28-25-23-20-17-14-11-8-5-2/h10,13,15,18-19,22,46,50-53,55,59-60H,4-9,11-12,14,16-17,20-21,23-45H2,1-3H3,(H,61,62)/b13-10-,18-15-,22-19-. The first-order valence-electron chi connectivity index (χ1n) is 27.0. The van der Waals surface area contributed by atoms with Crippen molar-refractivity contribution < 1.29 is 58.2 Å². The number of carboxylic acid groups (broad SMARTS) is 1. The van der Waals surface area contributed by atoms with Crippen molar-refractivity contribution in [3.8, 4) is 0 Å². The number of aliphatic hydroxyl groups excluding tert-OH is 2. The van der Waals surface area contributed by atoms with Crippen LogP contribution in [0.3, 0.4) is 0 Å². The molecule has 0 spiro atoms. The first-order chi connectivity index (χ1) is 32.6. The maximum Gasteiger partial charge on any atom is 0.335 e. The van der Waals surface area contributed by atoms with Gasteiger partial charge in [0, 0.05) is 19.3 Å². The van der Waals surface area contributed by atoms with Crippen molar-refractivity contribution in [2.45, 2.75) is 276 Å². The maximum atomic E-state index is 13.0. The Hall–Kier alpha value is -3.06. The van der Waals surface area contributed by atoms with Crippen molar-refractivity contribution in [1.82, 2.24) is 0 Å². The molecular formula is C55H96O12. The molecule has 1 aliphatic rings. The van der Waals surface area contributed by atoms with Crippen LogP contribution in [0.4, 0.5) is 0 Å². The molecule has 1 rings (SSSR count).